The van der Waals surface area contributed by atoms with E-state index in [0.717, 1.165) is 32.4 Å². The van der Waals surface area contributed by atoms with Gasteiger partial charge in [0.05, 0.1) is 0 Å². The van der Waals surface area contributed by atoms with Gasteiger partial charge in [0.25, 0.3) is 10.2 Å². The van der Waals surface area contributed by atoms with E-state index in [2.05, 4.69) is 5.32 Å². The summed E-state index contributed by atoms with van der Waals surface area (Å²) >= 11 is 0. The molecule has 1 heterocycles. The number of halogens is 1. The van der Waals surface area contributed by atoms with Gasteiger partial charge in [0.2, 0.25) is 0 Å². The summed E-state index contributed by atoms with van der Waals surface area (Å²) in [5, 5.41) is 3.22. The summed E-state index contributed by atoms with van der Waals surface area (Å²) in [5.41, 5.74) is 0. The molecular weight excluding hydrogens is 250 g/mol. The highest BCUT2D eigenvalue weighted by atomic mass is 35.5. The maximum absolute atomic E-state index is 12.1. The predicted octanol–water partition coefficient (Wildman–Crippen LogP) is 0.0409. The Balaban J connectivity index is 0.00000128. The first-order chi connectivity index (χ1) is 7.03. The van der Waals surface area contributed by atoms with Crippen LogP contribution in [-0.4, -0.2) is 56.3 Å². The van der Waals surface area contributed by atoms with Crippen LogP contribution in [-0.2, 0) is 10.2 Å². The average molecular weight is 270 g/mol. The highest BCUT2D eigenvalue weighted by Crippen LogP contribution is 2.33. The van der Waals surface area contributed by atoms with E-state index in [-0.39, 0.29) is 24.5 Å². The summed E-state index contributed by atoms with van der Waals surface area (Å²) in [5.74, 6) is 0. The minimum Gasteiger partial charge on any atom is -0.315 e. The molecule has 0 bridgehead atoms. The third-order valence-corrected chi connectivity index (χ3v) is 5.08. The third-order valence-electron chi connectivity index (χ3n) is 3.03. The van der Waals surface area contributed by atoms with E-state index in [0.29, 0.717) is 0 Å². The molecule has 2 rings (SSSR count). The first-order valence-corrected chi connectivity index (χ1v) is 6.85. The molecule has 16 heavy (non-hydrogen) atoms. The van der Waals surface area contributed by atoms with Gasteiger partial charge in [0.15, 0.2) is 0 Å². The normalized spacial score (nSPS) is 26.1. The van der Waals surface area contributed by atoms with E-state index in [1.165, 1.54) is 4.31 Å². The van der Waals surface area contributed by atoms with Crippen molar-refractivity contribution in [1.29, 1.82) is 0 Å². The molecule has 1 aliphatic heterocycles. The third kappa shape index (κ3) is 2.68. The lowest BCUT2D eigenvalue weighted by Gasteiger charge is -2.30. The SMILES string of the molecule is CN(C)S(=O)(=O)N(C1CC1)C1CCNC1.Cl. The molecule has 0 aromatic heterocycles. The summed E-state index contributed by atoms with van der Waals surface area (Å²) in [4.78, 5) is 0. The standard InChI is InChI=1S/C9H19N3O2S.ClH/c1-11(2)15(13,14)12(8-3-4-8)9-5-6-10-7-9;/h8-10H,3-7H2,1-2H3;1H. The van der Waals surface area contributed by atoms with Crippen LogP contribution < -0.4 is 5.32 Å². The zero-order valence-electron chi connectivity index (χ0n) is 9.72. The molecule has 0 spiro atoms. The predicted molar refractivity (Wildman–Crippen MR) is 66.0 cm³/mol. The lowest BCUT2D eigenvalue weighted by molar-refractivity contribution is 0.305. The summed E-state index contributed by atoms with van der Waals surface area (Å²) in [6.45, 7) is 1.72. The van der Waals surface area contributed by atoms with Gasteiger partial charge in [-0.1, -0.05) is 0 Å². The smallest absolute Gasteiger partial charge is 0.282 e. The first-order valence-electron chi connectivity index (χ1n) is 5.45. The Morgan fingerprint density at radius 1 is 1.12 bits per heavy atom. The van der Waals surface area contributed by atoms with E-state index in [4.69, 9.17) is 0 Å². The van der Waals surface area contributed by atoms with Crippen LogP contribution in [0.25, 0.3) is 0 Å². The van der Waals surface area contributed by atoms with Gasteiger partial charge < -0.3 is 5.32 Å². The van der Waals surface area contributed by atoms with Crippen molar-refractivity contribution in [3.05, 3.63) is 0 Å². The summed E-state index contributed by atoms with van der Waals surface area (Å²) in [6, 6.07) is 0.409. The van der Waals surface area contributed by atoms with E-state index >= 15 is 0 Å². The van der Waals surface area contributed by atoms with Crippen molar-refractivity contribution < 1.29 is 8.42 Å². The fourth-order valence-corrected chi connectivity index (χ4v) is 3.57. The molecule has 96 valence electrons. The molecule has 1 atom stereocenters. The maximum atomic E-state index is 12.1. The van der Waals surface area contributed by atoms with E-state index in [1.807, 2.05) is 0 Å². The number of rotatable bonds is 4. The van der Waals surface area contributed by atoms with Crippen LogP contribution in [0.15, 0.2) is 0 Å². The monoisotopic (exact) mass is 269 g/mol. The van der Waals surface area contributed by atoms with Crippen molar-refractivity contribution in [2.45, 2.75) is 31.3 Å². The van der Waals surface area contributed by atoms with Gasteiger partial charge in [-0.15, -0.1) is 12.4 Å². The van der Waals surface area contributed by atoms with Gasteiger partial charge in [-0.2, -0.15) is 17.0 Å². The summed E-state index contributed by atoms with van der Waals surface area (Å²) < 4.78 is 27.3. The molecule has 2 aliphatic rings. The molecule has 0 aromatic carbocycles. The van der Waals surface area contributed by atoms with Crippen molar-refractivity contribution >= 4 is 22.6 Å². The van der Waals surface area contributed by atoms with E-state index in [9.17, 15) is 8.42 Å². The zero-order valence-corrected chi connectivity index (χ0v) is 11.4. The van der Waals surface area contributed by atoms with Crippen LogP contribution in [0.4, 0.5) is 0 Å². The lowest BCUT2D eigenvalue weighted by Crippen LogP contribution is -2.48. The van der Waals surface area contributed by atoms with Crippen LogP contribution in [0.1, 0.15) is 19.3 Å². The summed E-state index contributed by atoms with van der Waals surface area (Å²) in [6.07, 6.45) is 2.97. The van der Waals surface area contributed by atoms with Crippen LogP contribution in [0, 0.1) is 0 Å². The number of hydrogen-bond donors (Lipinski definition) is 1. The molecule has 0 aromatic rings. The molecule has 2 fully saturated rings. The fraction of sp³-hybridized carbons (Fsp3) is 1.00. The second-order valence-corrected chi connectivity index (χ2v) is 6.55. The van der Waals surface area contributed by atoms with Crippen molar-refractivity contribution in [3.63, 3.8) is 0 Å². The Bertz CT molecular complexity index is 324. The number of nitrogens with one attached hydrogen (secondary N) is 1. The van der Waals surface area contributed by atoms with Crippen LogP contribution >= 0.6 is 12.4 Å². The minimum atomic E-state index is -3.23. The number of nitrogens with zero attached hydrogens (tertiary/aromatic N) is 2. The van der Waals surface area contributed by atoms with Gasteiger partial charge in [-0.05, 0) is 25.8 Å². The molecule has 7 heteroatoms. The van der Waals surface area contributed by atoms with Gasteiger partial charge >= 0.3 is 0 Å². The molecule has 1 aliphatic carbocycles. The van der Waals surface area contributed by atoms with Crippen molar-refractivity contribution in [1.82, 2.24) is 13.9 Å². The van der Waals surface area contributed by atoms with Gasteiger partial charge in [0.1, 0.15) is 0 Å². The minimum absolute atomic E-state index is 0. The van der Waals surface area contributed by atoms with Crippen molar-refractivity contribution in [2.24, 2.45) is 0 Å². The van der Waals surface area contributed by atoms with Crippen molar-refractivity contribution in [2.75, 3.05) is 27.2 Å². The van der Waals surface area contributed by atoms with Crippen molar-refractivity contribution in [3.8, 4) is 0 Å². The number of hydrogen-bond acceptors (Lipinski definition) is 3. The molecule has 1 unspecified atom stereocenters. The molecule has 1 saturated carbocycles. The van der Waals surface area contributed by atoms with Crippen LogP contribution in [0.2, 0.25) is 0 Å². The Labute approximate surface area is 104 Å². The quantitative estimate of drug-likeness (QED) is 0.784. The second kappa shape index (κ2) is 5.18. The second-order valence-electron chi connectivity index (χ2n) is 4.50. The molecule has 5 nitrogen and oxygen atoms in total. The highest BCUT2D eigenvalue weighted by Gasteiger charge is 2.43. The first kappa shape index (κ1) is 14.2. The van der Waals surface area contributed by atoms with Crippen LogP contribution in [0.5, 0.6) is 0 Å². The summed E-state index contributed by atoms with van der Waals surface area (Å²) in [7, 11) is -0.0240. The highest BCUT2D eigenvalue weighted by molar-refractivity contribution is 7.86. The zero-order chi connectivity index (χ0) is 11.1. The average Bonchev–Trinajstić information content (AvgIpc) is 2.80. The Morgan fingerprint density at radius 2 is 1.75 bits per heavy atom. The molecule has 1 N–H and O–H groups in total. The molecular formula is C9H20ClN3O2S. The molecule has 0 amide bonds. The van der Waals surface area contributed by atoms with E-state index in [1.54, 1.807) is 18.4 Å². The van der Waals surface area contributed by atoms with E-state index < -0.39 is 10.2 Å². The van der Waals surface area contributed by atoms with Gasteiger partial charge in [-0.3, -0.25) is 0 Å². The Hall–Kier alpha value is 0.120. The maximum Gasteiger partial charge on any atom is 0.282 e. The van der Waals surface area contributed by atoms with Gasteiger partial charge in [0, 0.05) is 32.7 Å². The largest absolute Gasteiger partial charge is 0.315 e. The Morgan fingerprint density at radius 3 is 2.12 bits per heavy atom. The Kier molecular flexibility index (Phi) is 4.59. The molecule has 1 saturated heterocycles. The topological polar surface area (TPSA) is 52.7 Å². The molecule has 0 radical (unpaired) electrons. The lowest BCUT2D eigenvalue weighted by atomic mass is 10.2. The fourth-order valence-electron chi connectivity index (χ4n) is 2.05. The van der Waals surface area contributed by atoms with Gasteiger partial charge in [-0.25, -0.2) is 0 Å². The van der Waals surface area contributed by atoms with Crippen LogP contribution in [0.3, 0.4) is 0 Å².